The lowest BCUT2D eigenvalue weighted by Gasteiger charge is -2.60. The van der Waals surface area contributed by atoms with Gasteiger partial charge in [0.25, 0.3) is 0 Å². The average molecular weight is 391 g/mol. The predicted molar refractivity (Wildman–Crippen MR) is 108 cm³/mol. The van der Waals surface area contributed by atoms with Crippen LogP contribution in [0, 0.1) is 46.3 Å². The maximum Gasteiger partial charge on any atom is 0.303 e. The van der Waals surface area contributed by atoms with Crippen molar-refractivity contribution in [3.63, 3.8) is 0 Å². The zero-order valence-electron chi connectivity index (χ0n) is 17.8. The van der Waals surface area contributed by atoms with Gasteiger partial charge in [0.15, 0.2) is 0 Å². The maximum absolute atomic E-state index is 13.6. The van der Waals surface area contributed by atoms with E-state index >= 15 is 0 Å². The van der Waals surface area contributed by atoms with Crippen molar-refractivity contribution in [2.24, 2.45) is 46.3 Å². The normalized spacial score (nSPS) is 49.1. The van der Waals surface area contributed by atoms with Gasteiger partial charge in [-0.2, -0.15) is 0 Å². The van der Waals surface area contributed by atoms with Crippen molar-refractivity contribution in [3.8, 4) is 0 Å². The monoisotopic (exact) mass is 390 g/mol. The van der Waals surface area contributed by atoms with Gasteiger partial charge in [-0.1, -0.05) is 20.8 Å². The summed E-state index contributed by atoms with van der Waals surface area (Å²) in [5.74, 6) is 2.52. The van der Waals surface area contributed by atoms with Crippen LogP contribution in [0.1, 0.15) is 85.0 Å². The van der Waals surface area contributed by atoms with Crippen molar-refractivity contribution >= 4 is 11.8 Å². The Labute approximate surface area is 169 Å². The molecule has 4 nitrogen and oxygen atoms in total. The van der Waals surface area contributed by atoms with Crippen molar-refractivity contribution in [3.05, 3.63) is 0 Å². The standard InChI is InChI=1S/C24H38O4/c1-14(4-9-22(27)28)18-7-8-19-17-6-5-15-12-16(25)10-11-23(15,2)20(17)13-21(26)24(18,19)3/h14-20,25H,4-13H2,1-3H3,(H,27,28)/t14-,15-,16+,17-,18+,19-,20-,23-,24+/m0/s1. The third-order valence-electron chi connectivity index (χ3n) is 10.1. The van der Waals surface area contributed by atoms with Crippen LogP contribution < -0.4 is 0 Å². The summed E-state index contributed by atoms with van der Waals surface area (Å²) < 4.78 is 0. The van der Waals surface area contributed by atoms with Crippen molar-refractivity contribution in [1.29, 1.82) is 0 Å². The first-order valence-corrected chi connectivity index (χ1v) is 11.6. The molecular weight excluding hydrogens is 352 g/mol. The van der Waals surface area contributed by atoms with E-state index in [4.69, 9.17) is 5.11 Å². The van der Waals surface area contributed by atoms with E-state index in [2.05, 4.69) is 20.8 Å². The molecule has 9 atom stereocenters. The summed E-state index contributed by atoms with van der Waals surface area (Å²) in [6, 6.07) is 0. The highest BCUT2D eigenvalue weighted by Gasteiger charge is 2.63. The van der Waals surface area contributed by atoms with Crippen molar-refractivity contribution < 1.29 is 19.8 Å². The Morgan fingerprint density at radius 3 is 2.61 bits per heavy atom. The first kappa shape index (κ1) is 20.4. The number of aliphatic hydroxyl groups is 1. The van der Waals surface area contributed by atoms with E-state index in [9.17, 15) is 14.7 Å². The molecule has 0 aromatic carbocycles. The Morgan fingerprint density at radius 1 is 1.14 bits per heavy atom. The van der Waals surface area contributed by atoms with E-state index in [1.54, 1.807) is 0 Å². The molecule has 0 unspecified atom stereocenters. The quantitative estimate of drug-likeness (QED) is 0.730. The molecule has 4 fully saturated rings. The van der Waals surface area contributed by atoms with Crippen LogP contribution in [0.4, 0.5) is 0 Å². The Hall–Kier alpha value is -0.900. The van der Waals surface area contributed by atoms with Crippen LogP contribution in [0.5, 0.6) is 0 Å². The molecule has 158 valence electrons. The number of hydrogen-bond donors (Lipinski definition) is 2. The zero-order chi connectivity index (χ0) is 20.3. The van der Waals surface area contributed by atoms with Gasteiger partial charge in [-0.3, -0.25) is 9.59 Å². The molecule has 28 heavy (non-hydrogen) atoms. The first-order valence-electron chi connectivity index (χ1n) is 11.6. The van der Waals surface area contributed by atoms with Crippen LogP contribution in [-0.2, 0) is 9.59 Å². The highest BCUT2D eigenvalue weighted by molar-refractivity contribution is 5.87. The highest BCUT2D eigenvalue weighted by Crippen LogP contribution is 2.67. The van der Waals surface area contributed by atoms with Crippen LogP contribution in [-0.4, -0.2) is 28.1 Å². The van der Waals surface area contributed by atoms with Gasteiger partial charge in [0.1, 0.15) is 5.78 Å². The second-order valence-corrected chi connectivity index (χ2v) is 11.1. The zero-order valence-corrected chi connectivity index (χ0v) is 17.8. The molecule has 0 aliphatic heterocycles. The van der Waals surface area contributed by atoms with Gasteiger partial charge in [-0.15, -0.1) is 0 Å². The van der Waals surface area contributed by atoms with Crippen LogP contribution in [0.3, 0.4) is 0 Å². The average Bonchev–Trinajstić information content (AvgIpc) is 3.00. The Kier molecular flexibility index (Phi) is 5.17. The minimum Gasteiger partial charge on any atom is -0.481 e. The van der Waals surface area contributed by atoms with Gasteiger partial charge in [0, 0.05) is 18.3 Å². The number of carboxylic acids is 1. The highest BCUT2D eigenvalue weighted by atomic mass is 16.4. The molecule has 0 aromatic heterocycles. The predicted octanol–water partition coefficient (Wildman–Crippen LogP) is 4.69. The largest absolute Gasteiger partial charge is 0.481 e. The summed E-state index contributed by atoms with van der Waals surface area (Å²) in [6.45, 7) is 6.81. The second-order valence-electron chi connectivity index (χ2n) is 11.1. The number of rotatable bonds is 4. The molecule has 0 saturated heterocycles. The van der Waals surface area contributed by atoms with Crippen molar-refractivity contribution in [2.45, 2.75) is 91.1 Å². The molecule has 4 aliphatic carbocycles. The molecule has 0 radical (unpaired) electrons. The van der Waals surface area contributed by atoms with Gasteiger partial charge in [-0.25, -0.2) is 0 Å². The van der Waals surface area contributed by atoms with Gasteiger partial charge >= 0.3 is 5.97 Å². The fourth-order valence-corrected chi connectivity index (χ4v) is 8.44. The molecule has 0 aromatic rings. The van der Waals surface area contributed by atoms with E-state index in [1.165, 1.54) is 12.8 Å². The molecule has 0 heterocycles. The summed E-state index contributed by atoms with van der Waals surface area (Å²) in [5, 5.41) is 19.3. The fraction of sp³-hybridized carbons (Fsp3) is 0.917. The number of carboxylic acid groups (broad SMARTS) is 1. The molecular formula is C24H38O4. The van der Waals surface area contributed by atoms with Gasteiger partial charge in [0.2, 0.25) is 0 Å². The van der Waals surface area contributed by atoms with Crippen LogP contribution in [0.2, 0.25) is 0 Å². The van der Waals surface area contributed by atoms with Crippen LogP contribution in [0.25, 0.3) is 0 Å². The number of Topliss-reactive ketones (excluding diaryl/α,β-unsaturated/α-hetero) is 1. The van der Waals surface area contributed by atoms with Gasteiger partial charge in [-0.05, 0) is 92.3 Å². The molecule has 2 N–H and O–H groups in total. The SMILES string of the molecule is C[C@@H](CCC(=O)O)[C@H]1CC[C@H]2[C@@H]3CC[C@H]4C[C@H](O)CC[C@]4(C)[C@H]3CC(=O)[C@]12C. The fourth-order valence-electron chi connectivity index (χ4n) is 8.44. The number of aliphatic carboxylic acids is 1. The molecule has 0 amide bonds. The van der Waals surface area contributed by atoms with Crippen molar-refractivity contribution in [1.82, 2.24) is 0 Å². The lowest BCUT2D eigenvalue weighted by Crippen LogP contribution is -2.57. The van der Waals surface area contributed by atoms with E-state index in [0.29, 0.717) is 54.1 Å². The second kappa shape index (κ2) is 7.11. The minimum absolute atomic E-state index is 0.148. The summed E-state index contributed by atoms with van der Waals surface area (Å²) >= 11 is 0. The number of hydrogen-bond acceptors (Lipinski definition) is 3. The van der Waals surface area contributed by atoms with Gasteiger partial charge < -0.3 is 10.2 Å². The van der Waals surface area contributed by atoms with E-state index in [1.807, 2.05) is 0 Å². The molecule has 4 aliphatic rings. The molecule has 4 saturated carbocycles. The van der Waals surface area contributed by atoms with Crippen LogP contribution >= 0.6 is 0 Å². The molecule has 0 spiro atoms. The topological polar surface area (TPSA) is 74.6 Å². The Balaban J connectivity index is 1.57. The van der Waals surface area contributed by atoms with Gasteiger partial charge in [0.05, 0.1) is 6.10 Å². The minimum atomic E-state index is -0.729. The summed E-state index contributed by atoms with van der Waals surface area (Å²) in [5.41, 5.74) is -0.0391. The Bertz CT molecular complexity index is 645. The summed E-state index contributed by atoms with van der Waals surface area (Å²) in [4.78, 5) is 24.7. The Morgan fingerprint density at radius 2 is 1.89 bits per heavy atom. The molecule has 0 bridgehead atoms. The smallest absolute Gasteiger partial charge is 0.303 e. The lowest BCUT2D eigenvalue weighted by atomic mass is 9.44. The number of carbonyl (C=O) groups excluding carboxylic acids is 1. The number of ketones is 1. The molecule has 4 rings (SSSR count). The number of aliphatic hydroxyl groups excluding tert-OH is 1. The third kappa shape index (κ3) is 2.97. The van der Waals surface area contributed by atoms with E-state index in [0.717, 1.165) is 32.1 Å². The van der Waals surface area contributed by atoms with Crippen LogP contribution in [0.15, 0.2) is 0 Å². The number of fused-ring (bicyclic) bond motifs is 5. The maximum atomic E-state index is 13.6. The summed E-state index contributed by atoms with van der Waals surface area (Å²) in [7, 11) is 0. The summed E-state index contributed by atoms with van der Waals surface area (Å²) in [6.07, 6.45) is 8.96. The third-order valence-corrected chi connectivity index (χ3v) is 10.1. The number of carbonyl (C=O) groups is 2. The van der Waals surface area contributed by atoms with E-state index < -0.39 is 5.97 Å². The van der Waals surface area contributed by atoms with Crippen molar-refractivity contribution in [2.75, 3.05) is 0 Å². The molecule has 4 heteroatoms. The lowest BCUT2D eigenvalue weighted by molar-refractivity contribution is -0.160. The van der Waals surface area contributed by atoms with E-state index in [-0.39, 0.29) is 23.4 Å². The first-order chi connectivity index (χ1) is 13.2.